The SMILES string of the molecule is COc1cccc(-c2cn(CCC(=O)O)nc2C)c1. The summed E-state index contributed by atoms with van der Waals surface area (Å²) in [5, 5.41) is 13.0. The molecule has 2 rings (SSSR count). The third-order valence-electron chi connectivity index (χ3n) is 2.88. The first kappa shape index (κ1) is 13.1. The van der Waals surface area contributed by atoms with Crippen molar-refractivity contribution in [3.8, 4) is 16.9 Å². The van der Waals surface area contributed by atoms with Crippen molar-refractivity contribution >= 4 is 5.97 Å². The van der Waals surface area contributed by atoms with E-state index in [0.717, 1.165) is 22.6 Å². The highest BCUT2D eigenvalue weighted by Gasteiger charge is 2.09. The topological polar surface area (TPSA) is 64.3 Å². The molecule has 0 saturated carbocycles. The Hall–Kier alpha value is -2.30. The number of carboxylic acid groups (broad SMARTS) is 1. The Morgan fingerprint density at radius 3 is 2.95 bits per heavy atom. The van der Waals surface area contributed by atoms with Gasteiger partial charge in [-0.15, -0.1) is 0 Å². The Kier molecular flexibility index (Phi) is 3.85. The molecule has 0 aliphatic heterocycles. The van der Waals surface area contributed by atoms with E-state index in [2.05, 4.69) is 5.10 Å². The predicted octanol–water partition coefficient (Wildman–Crippen LogP) is 2.34. The zero-order chi connectivity index (χ0) is 13.8. The van der Waals surface area contributed by atoms with Gasteiger partial charge in [0.2, 0.25) is 0 Å². The van der Waals surface area contributed by atoms with Gasteiger partial charge in [0.05, 0.1) is 25.8 Å². The van der Waals surface area contributed by atoms with Gasteiger partial charge >= 0.3 is 5.97 Å². The maximum absolute atomic E-state index is 10.6. The van der Waals surface area contributed by atoms with Gasteiger partial charge < -0.3 is 9.84 Å². The fourth-order valence-electron chi connectivity index (χ4n) is 1.92. The van der Waals surface area contributed by atoms with E-state index in [-0.39, 0.29) is 6.42 Å². The van der Waals surface area contributed by atoms with Crippen LogP contribution in [0.3, 0.4) is 0 Å². The molecule has 1 aromatic heterocycles. The Labute approximate surface area is 111 Å². The molecule has 0 amide bonds. The van der Waals surface area contributed by atoms with E-state index in [4.69, 9.17) is 9.84 Å². The highest BCUT2D eigenvalue weighted by atomic mass is 16.5. The third-order valence-corrected chi connectivity index (χ3v) is 2.88. The first-order valence-electron chi connectivity index (χ1n) is 6.00. The van der Waals surface area contributed by atoms with Crippen molar-refractivity contribution in [3.05, 3.63) is 36.2 Å². The van der Waals surface area contributed by atoms with Crippen LogP contribution in [-0.2, 0) is 11.3 Å². The molecule has 0 aliphatic carbocycles. The maximum atomic E-state index is 10.6. The molecule has 0 bridgehead atoms. The van der Waals surface area contributed by atoms with Crippen LogP contribution in [0.5, 0.6) is 5.75 Å². The molecule has 0 saturated heterocycles. The first-order chi connectivity index (χ1) is 9.10. The van der Waals surface area contributed by atoms with E-state index in [9.17, 15) is 4.79 Å². The van der Waals surface area contributed by atoms with Crippen molar-refractivity contribution in [2.24, 2.45) is 0 Å². The normalized spacial score (nSPS) is 10.4. The molecule has 0 fully saturated rings. The summed E-state index contributed by atoms with van der Waals surface area (Å²) in [6.07, 6.45) is 1.94. The van der Waals surface area contributed by atoms with Crippen LogP contribution < -0.4 is 4.74 Å². The molecular formula is C14H16N2O3. The van der Waals surface area contributed by atoms with Gasteiger partial charge in [0.25, 0.3) is 0 Å². The van der Waals surface area contributed by atoms with Gasteiger partial charge in [-0.1, -0.05) is 12.1 Å². The summed E-state index contributed by atoms with van der Waals surface area (Å²) in [6.45, 7) is 2.28. The van der Waals surface area contributed by atoms with E-state index >= 15 is 0 Å². The number of hydrogen-bond donors (Lipinski definition) is 1. The second-order valence-electron chi connectivity index (χ2n) is 4.27. The maximum Gasteiger partial charge on any atom is 0.305 e. The molecule has 1 heterocycles. The van der Waals surface area contributed by atoms with Gasteiger partial charge in [-0.05, 0) is 24.6 Å². The number of carboxylic acids is 1. The van der Waals surface area contributed by atoms with Gasteiger partial charge in [0.15, 0.2) is 0 Å². The number of benzene rings is 1. The van der Waals surface area contributed by atoms with Crippen molar-refractivity contribution in [1.29, 1.82) is 0 Å². The highest BCUT2D eigenvalue weighted by molar-refractivity contribution is 5.67. The fourth-order valence-corrected chi connectivity index (χ4v) is 1.92. The second-order valence-corrected chi connectivity index (χ2v) is 4.27. The summed E-state index contributed by atoms with van der Waals surface area (Å²) in [7, 11) is 1.63. The van der Waals surface area contributed by atoms with Gasteiger partial charge in [-0.2, -0.15) is 5.10 Å². The molecule has 5 nitrogen and oxygen atoms in total. The molecule has 0 radical (unpaired) electrons. The second kappa shape index (κ2) is 5.56. The summed E-state index contributed by atoms with van der Waals surface area (Å²) in [5.74, 6) is -0.0359. The van der Waals surface area contributed by atoms with E-state index in [1.807, 2.05) is 37.4 Å². The smallest absolute Gasteiger partial charge is 0.305 e. The average molecular weight is 260 g/mol. The summed E-state index contributed by atoms with van der Waals surface area (Å²) in [6, 6.07) is 7.72. The minimum Gasteiger partial charge on any atom is -0.497 e. The van der Waals surface area contributed by atoms with Gasteiger partial charge in [0, 0.05) is 11.8 Å². The van der Waals surface area contributed by atoms with Crippen LogP contribution in [0, 0.1) is 6.92 Å². The number of ether oxygens (including phenoxy) is 1. The van der Waals surface area contributed by atoms with Crippen LogP contribution in [0.1, 0.15) is 12.1 Å². The lowest BCUT2D eigenvalue weighted by atomic mass is 10.1. The molecule has 1 N–H and O–H groups in total. The number of nitrogens with zero attached hydrogens (tertiary/aromatic N) is 2. The van der Waals surface area contributed by atoms with Gasteiger partial charge in [0.1, 0.15) is 5.75 Å². The zero-order valence-corrected chi connectivity index (χ0v) is 11.0. The zero-order valence-electron chi connectivity index (χ0n) is 11.0. The molecule has 2 aromatic rings. The molecule has 0 aliphatic rings. The number of rotatable bonds is 5. The predicted molar refractivity (Wildman–Crippen MR) is 71.2 cm³/mol. The third kappa shape index (κ3) is 3.13. The lowest BCUT2D eigenvalue weighted by Gasteiger charge is -2.02. The number of aryl methyl sites for hydroxylation is 2. The van der Waals surface area contributed by atoms with Gasteiger partial charge in [-0.3, -0.25) is 9.48 Å². The van der Waals surface area contributed by atoms with Crippen LogP contribution in [0.4, 0.5) is 0 Å². The Balaban J connectivity index is 2.26. The quantitative estimate of drug-likeness (QED) is 0.896. The number of carbonyl (C=O) groups is 1. The molecule has 0 atom stereocenters. The minimum atomic E-state index is -0.823. The van der Waals surface area contributed by atoms with Gasteiger partial charge in [-0.25, -0.2) is 0 Å². The van der Waals surface area contributed by atoms with E-state index in [0.29, 0.717) is 6.54 Å². The van der Waals surface area contributed by atoms with Crippen molar-refractivity contribution in [3.63, 3.8) is 0 Å². The van der Waals surface area contributed by atoms with Crippen LogP contribution >= 0.6 is 0 Å². The van der Waals surface area contributed by atoms with E-state index in [1.54, 1.807) is 11.8 Å². The molecule has 0 spiro atoms. The Morgan fingerprint density at radius 1 is 1.47 bits per heavy atom. The van der Waals surface area contributed by atoms with Crippen molar-refractivity contribution in [2.75, 3.05) is 7.11 Å². The molecule has 5 heteroatoms. The highest BCUT2D eigenvalue weighted by Crippen LogP contribution is 2.26. The monoisotopic (exact) mass is 260 g/mol. The van der Waals surface area contributed by atoms with E-state index < -0.39 is 5.97 Å². The summed E-state index contributed by atoms with van der Waals surface area (Å²) in [5.41, 5.74) is 2.88. The molecule has 1 aromatic carbocycles. The van der Waals surface area contributed by atoms with Crippen LogP contribution in [-0.4, -0.2) is 28.0 Å². The average Bonchev–Trinajstić information content (AvgIpc) is 2.78. The standard InChI is InChI=1S/C14H16N2O3/c1-10-13(9-16(15-10)7-6-14(17)18)11-4-3-5-12(8-11)19-2/h3-5,8-9H,6-7H2,1-2H3,(H,17,18). The van der Waals surface area contributed by atoms with Crippen molar-refractivity contribution < 1.29 is 14.6 Å². The molecule has 0 unspecified atom stereocenters. The van der Waals surface area contributed by atoms with Crippen molar-refractivity contribution in [2.45, 2.75) is 19.9 Å². The molecule has 100 valence electrons. The Morgan fingerprint density at radius 2 is 2.26 bits per heavy atom. The van der Waals surface area contributed by atoms with Crippen LogP contribution in [0.2, 0.25) is 0 Å². The van der Waals surface area contributed by atoms with E-state index in [1.165, 1.54) is 0 Å². The van der Waals surface area contributed by atoms with Crippen molar-refractivity contribution in [1.82, 2.24) is 9.78 Å². The minimum absolute atomic E-state index is 0.0681. The number of methoxy groups -OCH3 is 1. The number of aromatic nitrogens is 2. The fraction of sp³-hybridized carbons (Fsp3) is 0.286. The Bertz CT molecular complexity index is 590. The molecular weight excluding hydrogens is 244 g/mol. The first-order valence-corrected chi connectivity index (χ1v) is 6.00. The summed E-state index contributed by atoms with van der Waals surface area (Å²) in [4.78, 5) is 10.6. The summed E-state index contributed by atoms with van der Waals surface area (Å²) >= 11 is 0. The summed E-state index contributed by atoms with van der Waals surface area (Å²) < 4.78 is 6.86. The molecule has 19 heavy (non-hydrogen) atoms. The number of hydrogen-bond acceptors (Lipinski definition) is 3. The van der Waals surface area contributed by atoms with Crippen LogP contribution in [0.15, 0.2) is 30.5 Å². The van der Waals surface area contributed by atoms with Crippen LogP contribution in [0.25, 0.3) is 11.1 Å². The lowest BCUT2D eigenvalue weighted by Crippen LogP contribution is -2.04. The largest absolute Gasteiger partial charge is 0.497 e. The number of aliphatic carboxylic acids is 1. The lowest BCUT2D eigenvalue weighted by molar-refractivity contribution is -0.137.